The van der Waals surface area contributed by atoms with Crippen LogP contribution >= 0.6 is 7.26 Å². The van der Waals surface area contributed by atoms with Crippen molar-refractivity contribution >= 4 is 35.1 Å². The van der Waals surface area contributed by atoms with Crippen molar-refractivity contribution in [3.05, 3.63) is 114 Å². The van der Waals surface area contributed by atoms with Crippen molar-refractivity contribution in [3.8, 4) is 0 Å². The number of hydrogen-bond donors (Lipinski definition) is 1. The Bertz CT molecular complexity index is 1380. The fraction of sp³-hybridized carbons (Fsp3) is 0.294. The van der Waals surface area contributed by atoms with Crippen LogP contribution in [0.4, 0.5) is 0 Å². The number of nitrogens with one attached hydrogen (secondary N) is 1. The van der Waals surface area contributed by atoms with Crippen LogP contribution in [0.2, 0.25) is 0 Å². The summed E-state index contributed by atoms with van der Waals surface area (Å²) >= 11 is 0. The predicted octanol–water partition coefficient (Wildman–Crippen LogP) is 5.27. The number of hydrogen-bond acceptors (Lipinski definition) is 3. The molecule has 3 aromatic carbocycles. The van der Waals surface area contributed by atoms with E-state index in [4.69, 9.17) is 4.74 Å². The van der Waals surface area contributed by atoms with Crippen molar-refractivity contribution < 1.29 is 14.3 Å². The standard InChI is InChI=1S/C34H36NO3P/c1-25-28(34(22-12-7-13-23-34)32(37)38-33(2,3)4)19-14-20-29(25)39(26-15-8-5-9-16-26,27-17-10-6-11-18-27)30-21-24-35-31(30)36/h5-20,22,30H,21,23-24H2,1-4H3/p+1. The Morgan fingerprint density at radius 3 is 2.08 bits per heavy atom. The molecule has 4 nitrogen and oxygen atoms in total. The monoisotopic (exact) mass is 538 g/mol. The van der Waals surface area contributed by atoms with Crippen LogP contribution < -0.4 is 21.2 Å². The van der Waals surface area contributed by atoms with Gasteiger partial charge in [0.15, 0.2) is 5.66 Å². The normalized spacial score (nSPS) is 21.0. The molecule has 0 saturated carbocycles. The van der Waals surface area contributed by atoms with E-state index in [9.17, 15) is 9.59 Å². The Morgan fingerprint density at radius 1 is 0.923 bits per heavy atom. The van der Waals surface area contributed by atoms with E-state index in [1.807, 2.05) is 57.2 Å². The van der Waals surface area contributed by atoms with Gasteiger partial charge < -0.3 is 10.1 Å². The minimum absolute atomic E-state index is 0.100. The summed E-state index contributed by atoms with van der Waals surface area (Å²) < 4.78 is 6.02. The van der Waals surface area contributed by atoms with Crippen LogP contribution in [0.25, 0.3) is 0 Å². The number of carbonyl (C=O) groups is 2. The average molecular weight is 539 g/mol. The summed E-state index contributed by atoms with van der Waals surface area (Å²) in [4.78, 5) is 27.5. The molecule has 1 amide bonds. The lowest BCUT2D eigenvalue weighted by Gasteiger charge is -2.37. The van der Waals surface area contributed by atoms with Crippen molar-refractivity contribution in [2.24, 2.45) is 0 Å². The fourth-order valence-corrected chi connectivity index (χ4v) is 11.3. The molecule has 0 spiro atoms. The van der Waals surface area contributed by atoms with Crippen molar-refractivity contribution in [3.63, 3.8) is 0 Å². The van der Waals surface area contributed by atoms with E-state index >= 15 is 0 Å². The molecule has 0 aromatic heterocycles. The molecular weight excluding hydrogens is 501 g/mol. The smallest absolute Gasteiger partial charge is 0.321 e. The Labute approximate surface area is 232 Å². The minimum Gasteiger partial charge on any atom is -0.459 e. The molecule has 1 heterocycles. The number of rotatable bonds is 6. The molecule has 1 fully saturated rings. The lowest BCUT2D eigenvalue weighted by Crippen LogP contribution is -2.45. The highest BCUT2D eigenvalue weighted by Gasteiger charge is 2.58. The van der Waals surface area contributed by atoms with Crippen molar-refractivity contribution in [1.82, 2.24) is 5.32 Å². The highest BCUT2D eigenvalue weighted by atomic mass is 31.2. The highest BCUT2D eigenvalue weighted by Crippen LogP contribution is 2.62. The number of amides is 1. The molecule has 2 atom stereocenters. The molecule has 2 aliphatic rings. The Balaban J connectivity index is 1.82. The number of esters is 1. The zero-order valence-corrected chi connectivity index (χ0v) is 24.1. The van der Waals surface area contributed by atoms with E-state index in [-0.39, 0.29) is 17.5 Å². The largest absolute Gasteiger partial charge is 0.459 e. The predicted molar refractivity (Wildman–Crippen MR) is 162 cm³/mol. The average Bonchev–Trinajstić information content (AvgIpc) is 3.36. The summed E-state index contributed by atoms with van der Waals surface area (Å²) in [6.07, 6.45) is 9.24. The molecule has 2 unspecified atom stereocenters. The molecule has 5 rings (SSSR count). The molecule has 5 heteroatoms. The molecule has 3 aromatic rings. The molecule has 0 radical (unpaired) electrons. The van der Waals surface area contributed by atoms with Gasteiger partial charge in [0.05, 0.1) is 0 Å². The van der Waals surface area contributed by atoms with E-state index < -0.39 is 18.3 Å². The molecular formula is C34H37NO3P+. The first kappa shape index (κ1) is 27.1. The van der Waals surface area contributed by atoms with Gasteiger partial charge in [-0.2, -0.15) is 0 Å². The first-order valence-electron chi connectivity index (χ1n) is 13.7. The summed E-state index contributed by atoms with van der Waals surface area (Å²) in [5.41, 5.74) is 0.226. The number of ether oxygens (including phenoxy) is 1. The van der Waals surface area contributed by atoms with Gasteiger partial charge in [-0.1, -0.05) is 72.8 Å². The van der Waals surface area contributed by atoms with Gasteiger partial charge in [-0.05, 0) is 75.6 Å². The van der Waals surface area contributed by atoms with Crippen LogP contribution in [0.15, 0.2) is 103 Å². The molecule has 1 saturated heterocycles. The van der Waals surface area contributed by atoms with Crippen LogP contribution in [-0.4, -0.2) is 29.7 Å². The second-order valence-electron chi connectivity index (χ2n) is 11.4. The van der Waals surface area contributed by atoms with Gasteiger partial charge in [-0.15, -0.1) is 0 Å². The quantitative estimate of drug-likeness (QED) is 0.344. The summed E-state index contributed by atoms with van der Waals surface area (Å²) in [7, 11) is -2.48. The van der Waals surface area contributed by atoms with Gasteiger partial charge in [-0.3, -0.25) is 9.59 Å². The van der Waals surface area contributed by atoms with E-state index in [1.165, 1.54) is 10.6 Å². The zero-order chi connectivity index (χ0) is 27.7. The number of benzene rings is 3. The molecule has 200 valence electrons. The van der Waals surface area contributed by atoms with E-state index in [2.05, 4.69) is 79.0 Å². The van der Waals surface area contributed by atoms with E-state index in [0.29, 0.717) is 13.0 Å². The summed E-state index contributed by atoms with van der Waals surface area (Å²) in [6.45, 7) is 8.51. The lowest BCUT2D eigenvalue weighted by molar-refractivity contribution is -0.160. The van der Waals surface area contributed by atoms with Gasteiger partial charge >= 0.3 is 5.97 Å². The molecule has 39 heavy (non-hydrogen) atoms. The molecule has 0 bridgehead atoms. The van der Waals surface area contributed by atoms with Crippen molar-refractivity contribution in [1.29, 1.82) is 0 Å². The third-order valence-electron chi connectivity index (χ3n) is 7.81. The van der Waals surface area contributed by atoms with Crippen molar-refractivity contribution in [2.75, 3.05) is 6.54 Å². The molecule has 1 aliphatic heterocycles. The minimum atomic E-state index is -2.48. The Kier molecular flexibility index (Phi) is 7.35. The van der Waals surface area contributed by atoms with Gasteiger partial charge in [0.1, 0.15) is 34.2 Å². The van der Waals surface area contributed by atoms with Crippen LogP contribution in [0.5, 0.6) is 0 Å². The van der Waals surface area contributed by atoms with Crippen LogP contribution in [-0.2, 0) is 19.7 Å². The Hall–Kier alpha value is -3.49. The third-order valence-corrected chi connectivity index (χ3v) is 12.7. The highest BCUT2D eigenvalue weighted by molar-refractivity contribution is 7.97. The first-order valence-corrected chi connectivity index (χ1v) is 15.5. The Morgan fingerprint density at radius 2 is 1.56 bits per heavy atom. The fourth-order valence-electron chi connectivity index (χ4n) is 6.17. The van der Waals surface area contributed by atoms with Crippen LogP contribution in [0.3, 0.4) is 0 Å². The summed E-state index contributed by atoms with van der Waals surface area (Å²) in [6, 6.07) is 27.3. The lowest BCUT2D eigenvalue weighted by atomic mass is 9.73. The topological polar surface area (TPSA) is 55.4 Å². The molecule has 1 aliphatic carbocycles. The summed E-state index contributed by atoms with van der Waals surface area (Å²) in [5.74, 6) is -0.152. The maximum absolute atomic E-state index is 13.9. The third kappa shape index (κ3) is 4.76. The molecule has 1 N–H and O–H groups in total. The van der Waals surface area contributed by atoms with Gasteiger partial charge in [0.2, 0.25) is 0 Å². The maximum atomic E-state index is 13.9. The van der Waals surface area contributed by atoms with Gasteiger partial charge in [0.25, 0.3) is 5.91 Å². The van der Waals surface area contributed by atoms with Crippen LogP contribution in [0, 0.1) is 6.92 Å². The summed E-state index contributed by atoms with van der Waals surface area (Å²) in [5, 5.41) is 6.61. The maximum Gasteiger partial charge on any atom is 0.321 e. The van der Waals surface area contributed by atoms with Crippen molar-refractivity contribution in [2.45, 2.75) is 57.2 Å². The second-order valence-corrected chi connectivity index (χ2v) is 15.0. The zero-order valence-electron chi connectivity index (χ0n) is 23.2. The van der Waals surface area contributed by atoms with E-state index in [0.717, 1.165) is 22.9 Å². The SMILES string of the molecule is Cc1c(C2(C(=O)OC(C)(C)C)C=CC=CC2)cccc1[P+](c1ccccc1)(c1ccccc1)C1CCNC1=O. The van der Waals surface area contributed by atoms with Gasteiger partial charge in [0, 0.05) is 13.0 Å². The number of allylic oxidation sites excluding steroid dienone is 3. The second kappa shape index (κ2) is 10.6. The van der Waals surface area contributed by atoms with E-state index in [1.54, 1.807) is 0 Å². The first-order chi connectivity index (χ1) is 18.7. The van der Waals surface area contributed by atoms with Gasteiger partial charge in [-0.25, -0.2) is 0 Å². The van der Waals surface area contributed by atoms with Crippen LogP contribution in [0.1, 0.15) is 44.7 Å². The number of carbonyl (C=O) groups excluding carboxylic acids is 2.